The van der Waals surface area contributed by atoms with E-state index in [1.165, 1.54) is 4.57 Å². The fourth-order valence-electron chi connectivity index (χ4n) is 2.39. The summed E-state index contributed by atoms with van der Waals surface area (Å²) in [6.45, 7) is 3.79. The van der Waals surface area contributed by atoms with E-state index < -0.39 is 23.3 Å². The molecule has 1 aromatic heterocycles. The second-order valence-electron chi connectivity index (χ2n) is 4.48. The topological polar surface area (TPSA) is 81.3 Å². The van der Waals surface area contributed by atoms with Gasteiger partial charge in [-0.15, -0.1) is 0 Å². The van der Waals surface area contributed by atoms with E-state index >= 15 is 0 Å². The fraction of sp³-hybridized carbons (Fsp3) is 0.357. The Morgan fingerprint density at radius 1 is 1.25 bits per heavy atom. The van der Waals surface area contributed by atoms with Gasteiger partial charge in [-0.3, -0.25) is 9.36 Å². The summed E-state index contributed by atoms with van der Waals surface area (Å²) in [6.07, 6.45) is 0.173. The van der Waals surface area contributed by atoms with Gasteiger partial charge in [0, 0.05) is 6.54 Å². The van der Waals surface area contributed by atoms with E-state index in [1.54, 1.807) is 38.1 Å². The Hall–Kier alpha value is -2.37. The minimum absolute atomic E-state index is 0.173. The number of para-hydroxylation sites is 1. The Kier molecular flexibility index (Phi) is 3.74. The lowest BCUT2D eigenvalue weighted by molar-refractivity contribution is -0.141. The van der Waals surface area contributed by atoms with E-state index in [0.29, 0.717) is 17.4 Å². The van der Waals surface area contributed by atoms with Crippen molar-refractivity contribution in [3.8, 4) is 0 Å². The van der Waals surface area contributed by atoms with Gasteiger partial charge in [-0.2, -0.15) is 0 Å². The average molecular weight is 276 g/mol. The molecule has 0 aliphatic carbocycles. The number of nitrogens with zero attached hydrogens (tertiary/aromatic N) is 2. The summed E-state index contributed by atoms with van der Waals surface area (Å²) in [6, 6.07) is 5.59. The third-order valence-electron chi connectivity index (χ3n) is 3.38. The summed E-state index contributed by atoms with van der Waals surface area (Å²) < 4.78 is 2.26. The molecule has 0 aliphatic rings. The van der Waals surface area contributed by atoms with Crippen molar-refractivity contribution >= 4 is 16.9 Å². The summed E-state index contributed by atoms with van der Waals surface area (Å²) >= 11 is 0. The van der Waals surface area contributed by atoms with Gasteiger partial charge in [-0.25, -0.2) is 14.2 Å². The van der Waals surface area contributed by atoms with Gasteiger partial charge in [0.1, 0.15) is 6.04 Å². The molecule has 1 heterocycles. The average Bonchev–Trinajstić information content (AvgIpc) is 2.43. The molecule has 1 aromatic carbocycles. The Morgan fingerprint density at radius 3 is 2.45 bits per heavy atom. The first kappa shape index (κ1) is 14.0. The largest absolute Gasteiger partial charge is 0.480 e. The van der Waals surface area contributed by atoms with Crippen LogP contribution in [-0.4, -0.2) is 20.2 Å². The lowest BCUT2D eigenvalue weighted by atomic mass is 10.2. The summed E-state index contributed by atoms with van der Waals surface area (Å²) in [5.41, 5.74) is -0.600. The normalized spacial score (nSPS) is 12.5. The number of benzene rings is 1. The number of fused-ring (bicyclic) bond motifs is 1. The van der Waals surface area contributed by atoms with Crippen LogP contribution in [0.25, 0.3) is 10.9 Å². The second kappa shape index (κ2) is 5.32. The predicted octanol–water partition coefficient (Wildman–Crippen LogP) is 1.22. The summed E-state index contributed by atoms with van der Waals surface area (Å²) in [7, 11) is 0. The fourth-order valence-corrected chi connectivity index (χ4v) is 2.39. The molecule has 2 rings (SSSR count). The van der Waals surface area contributed by atoms with E-state index in [-0.39, 0.29) is 6.42 Å². The second-order valence-corrected chi connectivity index (χ2v) is 4.48. The third kappa shape index (κ3) is 2.03. The van der Waals surface area contributed by atoms with Gasteiger partial charge in [-0.05, 0) is 25.5 Å². The highest BCUT2D eigenvalue weighted by Gasteiger charge is 2.23. The Bertz CT molecular complexity index is 773. The van der Waals surface area contributed by atoms with Gasteiger partial charge < -0.3 is 5.11 Å². The SMILES string of the molecule is CCC(C(=O)O)n1c(=O)c2ccccc2n(CC)c1=O. The molecule has 0 spiro atoms. The molecule has 0 fully saturated rings. The van der Waals surface area contributed by atoms with Crippen LogP contribution in [0.5, 0.6) is 0 Å². The van der Waals surface area contributed by atoms with Crippen molar-refractivity contribution in [1.29, 1.82) is 0 Å². The zero-order valence-corrected chi connectivity index (χ0v) is 11.4. The maximum atomic E-state index is 12.4. The number of rotatable bonds is 4. The first-order chi connectivity index (χ1) is 9.52. The zero-order valence-electron chi connectivity index (χ0n) is 11.4. The maximum Gasteiger partial charge on any atom is 0.332 e. The number of hydrogen-bond acceptors (Lipinski definition) is 3. The highest BCUT2D eigenvalue weighted by molar-refractivity contribution is 5.78. The molecule has 6 nitrogen and oxygen atoms in total. The van der Waals surface area contributed by atoms with Gasteiger partial charge in [-0.1, -0.05) is 19.1 Å². The third-order valence-corrected chi connectivity index (χ3v) is 3.38. The summed E-state index contributed by atoms with van der Waals surface area (Å²) in [5.74, 6) is -1.18. The number of aryl methyl sites for hydroxylation is 1. The quantitative estimate of drug-likeness (QED) is 0.910. The highest BCUT2D eigenvalue weighted by atomic mass is 16.4. The van der Waals surface area contributed by atoms with Crippen molar-refractivity contribution < 1.29 is 9.90 Å². The maximum absolute atomic E-state index is 12.4. The minimum atomic E-state index is -1.18. The minimum Gasteiger partial charge on any atom is -0.480 e. The van der Waals surface area contributed by atoms with E-state index in [2.05, 4.69) is 0 Å². The summed E-state index contributed by atoms with van der Waals surface area (Å²) in [4.78, 5) is 36.1. The first-order valence-corrected chi connectivity index (χ1v) is 6.49. The number of carboxylic acids is 1. The first-order valence-electron chi connectivity index (χ1n) is 6.49. The van der Waals surface area contributed by atoms with Crippen molar-refractivity contribution in [1.82, 2.24) is 9.13 Å². The van der Waals surface area contributed by atoms with Gasteiger partial charge in [0.05, 0.1) is 10.9 Å². The molecular weight excluding hydrogens is 260 g/mol. The lowest BCUT2D eigenvalue weighted by Crippen LogP contribution is -2.44. The van der Waals surface area contributed by atoms with Crippen LogP contribution >= 0.6 is 0 Å². The smallest absolute Gasteiger partial charge is 0.332 e. The van der Waals surface area contributed by atoms with Crippen LogP contribution in [0.3, 0.4) is 0 Å². The molecule has 0 radical (unpaired) electrons. The number of hydrogen-bond donors (Lipinski definition) is 1. The molecule has 6 heteroatoms. The molecule has 0 saturated heterocycles. The number of aromatic nitrogens is 2. The predicted molar refractivity (Wildman–Crippen MR) is 75.1 cm³/mol. The van der Waals surface area contributed by atoms with Gasteiger partial charge in [0.25, 0.3) is 5.56 Å². The molecule has 2 aromatic rings. The standard InChI is InChI=1S/C14H16N2O4/c1-3-10(13(18)19)16-12(17)9-7-5-6-8-11(9)15(4-2)14(16)20/h5-8,10H,3-4H2,1-2H3,(H,18,19). The van der Waals surface area contributed by atoms with E-state index in [1.807, 2.05) is 0 Å². The van der Waals surface area contributed by atoms with Crippen LogP contribution in [0.15, 0.2) is 33.9 Å². The Labute approximate surface area is 114 Å². The lowest BCUT2D eigenvalue weighted by Gasteiger charge is -2.16. The van der Waals surface area contributed by atoms with Crippen LogP contribution in [-0.2, 0) is 11.3 Å². The highest BCUT2D eigenvalue weighted by Crippen LogP contribution is 2.11. The molecule has 1 N–H and O–H groups in total. The molecule has 1 atom stereocenters. The number of carboxylic acid groups (broad SMARTS) is 1. The van der Waals surface area contributed by atoms with E-state index in [0.717, 1.165) is 4.57 Å². The molecule has 0 amide bonds. The summed E-state index contributed by atoms with van der Waals surface area (Å²) in [5, 5.41) is 9.56. The van der Waals surface area contributed by atoms with Crippen molar-refractivity contribution in [2.45, 2.75) is 32.9 Å². The number of aliphatic carboxylic acids is 1. The molecule has 20 heavy (non-hydrogen) atoms. The Balaban J connectivity index is 2.96. The molecular formula is C14H16N2O4. The van der Waals surface area contributed by atoms with Crippen molar-refractivity contribution in [2.75, 3.05) is 0 Å². The van der Waals surface area contributed by atoms with Crippen LogP contribution in [0.2, 0.25) is 0 Å². The molecule has 0 saturated carbocycles. The monoisotopic (exact) mass is 276 g/mol. The molecule has 1 unspecified atom stereocenters. The van der Waals surface area contributed by atoms with Crippen LogP contribution in [0.1, 0.15) is 26.3 Å². The molecule has 0 bridgehead atoms. The molecule has 106 valence electrons. The van der Waals surface area contributed by atoms with Gasteiger partial charge >= 0.3 is 11.7 Å². The van der Waals surface area contributed by atoms with Crippen molar-refractivity contribution in [3.63, 3.8) is 0 Å². The van der Waals surface area contributed by atoms with Crippen LogP contribution in [0, 0.1) is 0 Å². The van der Waals surface area contributed by atoms with Crippen molar-refractivity contribution in [2.24, 2.45) is 0 Å². The van der Waals surface area contributed by atoms with Crippen molar-refractivity contribution in [3.05, 3.63) is 45.1 Å². The zero-order chi connectivity index (χ0) is 14.9. The van der Waals surface area contributed by atoms with E-state index in [4.69, 9.17) is 0 Å². The Morgan fingerprint density at radius 2 is 1.90 bits per heavy atom. The molecule has 0 aliphatic heterocycles. The van der Waals surface area contributed by atoms with Gasteiger partial charge in [0.2, 0.25) is 0 Å². The van der Waals surface area contributed by atoms with Gasteiger partial charge in [0.15, 0.2) is 0 Å². The number of carbonyl (C=O) groups is 1. The van der Waals surface area contributed by atoms with Crippen LogP contribution < -0.4 is 11.2 Å². The van der Waals surface area contributed by atoms with E-state index in [9.17, 15) is 19.5 Å². The van der Waals surface area contributed by atoms with Crippen LogP contribution in [0.4, 0.5) is 0 Å².